The van der Waals surface area contributed by atoms with Gasteiger partial charge in [0, 0.05) is 51.8 Å². The molecular formula is C17H22F3N5O4. The molecule has 1 aromatic carbocycles. The molecule has 2 N–H and O–H groups in total. The Hall–Kier alpha value is -3.05. The molecule has 0 aromatic heterocycles. The van der Waals surface area contributed by atoms with Crippen LogP contribution in [0.25, 0.3) is 0 Å². The predicted octanol–water partition coefficient (Wildman–Crippen LogP) is 2.29. The van der Waals surface area contributed by atoms with Crippen LogP contribution in [0.2, 0.25) is 0 Å². The van der Waals surface area contributed by atoms with Gasteiger partial charge in [-0.3, -0.25) is 14.9 Å². The van der Waals surface area contributed by atoms with E-state index in [-0.39, 0.29) is 30.6 Å². The highest BCUT2D eigenvalue weighted by Gasteiger charge is 2.33. The number of carbonyl (C=O) groups is 2. The minimum atomic E-state index is -4.69. The number of benzene rings is 1. The zero-order chi connectivity index (χ0) is 21.6. The summed E-state index contributed by atoms with van der Waals surface area (Å²) >= 11 is 0. The van der Waals surface area contributed by atoms with Gasteiger partial charge >= 0.3 is 12.2 Å². The molecule has 2 rings (SSSR count). The molecule has 1 aliphatic rings. The number of piperazine rings is 1. The predicted molar refractivity (Wildman–Crippen MR) is 98.4 cm³/mol. The quantitative estimate of drug-likeness (QED) is 0.546. The van der Waals surface area contributed by atoms with Crippen LogP contribution in [0.5, 0.6) is 0 Å². The maximum Gasteiger partial charge on any atom is 0.416 e. The fourth-order valence-corrected chi connectivity index (χ4v) is 2.89. The van der Waals surface area contributed by atoms with E-state index in [1.807, 2.05) is 6.92 Å². The summed E-state index contributed by atoms with van der Waals surface area (Å²) in [6.45, 7) is 3.89. The van der Waals surface area contributed by atoms with E-state index < -0.39 is 22.4 Å². The van der Waals surface area contributed by atoms with E-state index in [0.29, 0.717) is 38.8 Å². The van der Waals surface area contributed by atoms with Crippen LogP contribution in [0.15, 0.2) is 18.2 Å². The van der Waals surface area contributed by atoms with Gasteiger partial charge in [-0.2, -0.15) is 13.2 Å². The first-order chi connectivity index (χ1) is 13.6. The summed E-state index contributed by atoms with van der Waals surface area (Å²) in [5, 5.41) is 16.4. The van der Waals surface area contributed by atoms with E-state index in [1.165, 1.54) is 0 Å². The van der Waals surface area contributed by atoms with Crippen LogP contribution < -0.4 is 10.6 Å². The number of urea groups is 1. The molecule has 1 aromatic rings. The van der Waals surface area contributed by atoms with Crippen molar-refractivity contribution in [1.29, 1.82) is 0 Å². The molecule has 0 bridgehead atoms. The van der Waals surface area contributed by atoms with Crippen molar-refractivity contribution in [1.82, 2.24) is 15.1 Å². The van der Waals surface area contributed by atoms with Gasteiger partial charge in [0.1, 0.15) is 5.69 Å². The molecular weight excluding hydrogens is 395 g/mol. The molecule has 0 unspecified atom stereocenters. The summed E-state index contributed by atoms with van der Waals surface area (Å²) in [6, 6.07) is 2.01. The first kappa shape index (κ1) is 22.2. The Morgan fingerprint density at radius 2 is 1.79 bits per heavy atom. The monoisotopic (exact) mass is 417 g/mol. The summed E-state index contributed by atoms with van der Waals surface area (Å²) in [6.07, 6.45) is -4.67. The van der Waals surface area contributed by atoms with Crippen molar-refractivity contribution in [2.75, 3.05) is 44.6 Å². The van der Waals surface area contributed by atoms with E-state index in [9.17, 15) is 32.9 Å². The third-order valence-electron chi connectivity index (χ3n) is 4.42. The fourth-order valence-electron chi connectivity index (χ4n) is 2.89. The van der Waals surface area contributed by atoms with Crippen molar-refractivity contribution in [3.8, 4) is 0 Å². The van der Waals surface area contributed by atoms with E-state index in [1.54, 1.807) is 9.80 Å². The first-order valence-corrected chi connectivity index (χ1v) is 9.03. The minimum Gasteiger partial charge on any atom is -0.379 e. The maximum absolute atomic E-state index is 12.7. The third kappa shape index (κ3) is 5.96. The van der Waals surface area contributed by atoms with Crippen molar-refractivity contribution in [2.45, 2.75) is 19.5 Å². The van der Waals surface area contributed by atoms with E-state index in [4.69, 9.17) is 0 Å². The Bertz CT molecular complexity index is 764. The van der Waals surface area contributed by atoms with Gasteiger partial charge in [0.2, 0.25) is 5.91 Å². The number of nitro groups is 1. The highest BCUT2D eigenvalue weighted by atomic mass is 19.4. The molecule has 1 heterocycles. The number of amides is 3. The number of rotatable bonds is 6. The Labute approximate surface area is 165 Å². The fraction of sp³-hybridized carbons (Fsp3) is 0.529. The van der Waals surface area contributed by atoms with E-state index in [2.05, 4.69) is 10.6 Å². The minimum absolute atomic E-state index is 0.0132. The van der Waals surface area contributed by atoms with Crippen molar-refractivity contribution < 1.29 is 27.7 Å². The molecule has 9 nitrogen and oxygen atoms in total. The Balaban J connectivity index is 1.88. The highest BCUT2D eigenvalue weighted by molar-refractivity contribution is 5.78. The smallest absolute Gasteiger partial charge is 0.379 e. The molecule has 12 heteroatoms. The SMILES string of the molecule is CCNC(=O)N1CCN(C(=O)CCNc2ccc(C(F)(F)F)cc2[N+](=O)[O-])CC1. The van der Waals surface area contributed by atoms with Gasteiger partial charge in [0.15, 0.2) is 0 Å². The number of anilines is 1. The van der Waals surface area contributed by atoms with Crippen LogP contribution >= 0.6 is 0 Å². The summed E-state index contributed by atoms with van der Waals surface area (Å²) < 4.78 is 38.2. The highest BCUT2D eigenvalue weighted by Crippen LogP contribution is 2.34. The molecule has 0 atom stereocenters. The lowest BCUT2D eigenvalue weighted by Crippen LogP contribution is -2.53. The van der Waals surface area contributed by atoms with Crippen molar-refractivity contribution in [3.05, 3.63) is 33.9 Å². The molecule has 0 spiro atoms. The van der Waals surface area contributed by atoms with Crippen LogP contribution in [0.4, 0.5) is 29.3 Å². The number of hydrogen-bond donors (Lipinski definition) is 2. The van der Waals surface area contributed by atoms with Gasteiger partial charge in [0.25, 0.3) is 5.69 Å². The van der Waals surface area contributed by atoms with Crippen molar-refractivity contribution in [2.24, 2.45) is 0 Å². The summed E-state index contributed by atoms with van der Waals surface area (Å²) in [7, 11) is 0. The lowest BCUT2D eigenvalue weighted by Gasteiger charge is -2.34. The Kier molecular flexibility index (Phi) is 7.23. The second-order valence-electron chi connectivity index (χ2n) is 6.37. The molecule has 0 saturated carbocycles. The Morgan fingerprint density at radius 1 is 1.17 bits per heavy atom. The molecule has 160 valence electrons. The lowest BCUT2D eigenvalue weighted by atomic mass is 10.1. The molecule has 1 aliphatic heterocycles. The van der Waals surface area contributed by atoms with E-state index in [0.717, 1.165) is 12.1 Å². The number of nitrogens with one attached hydrogen (secondary N) is 2. The zero-order valence-corrected chi connectivity index (χ0v) is 15.8. The second kappa shape index (κ2) is 9.43. The Morgan fingerprint density at radius 3 is 2.34 bits per heavy atom. The molecule has 1 saturated heterocycles. The molecule has 1 fully saturated rings. The average Bonchev–Trinajstić information content (AvgIpc) is 2.67. The number of nitro benzene ring substituents is 1. The van der Waals surface area contributed by atoms with Crippen LogP contribution in [-0.2, 0) is 11.0 Å². The summed E-state index contributed by atoms with van der Waals surface area (Å²) in [4.78, 5) is 37.4. The van der Waals surface area contributed by atoms with Gasteiger partial charge in [-0.05, 0) is 19.1 Å². The van der Waals surface area contributed by atoms with E-state index >= 15 is 0 Å². The number of nitrogens with zero attached hydrogens (tertiary/aromatic N) is 3. The molecule has 29 heavy (non-hydrogen) atoms. The number of halogens is 3. The van der Waals surface area contributed by atoms with Gasteiger partial charge < -0.3 is 20.4 Å². The number of alkyl halides is 3. The second-order valence-corrected chi connectivity index (χ2v) is 6.37. The van der Waals surface area contributed by atoms with Gasteiger partial charge in [-0.1, -0.05) is 0 Å². The standard InChI is InChI=1S/C17H22F3N5O4/c1-2-21-16(27)24-9-7-23(8-10-24)15(26)5-6-22-13-4-3-12(17(18,19)20)11-14(13)25(28)29/h3-4,11,22H,2,5-10H2,1H3,(H,21,27). The third-order valence-corrected chi connectivity index (χ3v) is 4.42. The topological polar surface area (TPSA) is 108 Å². The molecule has 0 radical (unpaired) electrons. The lowest BCUT2D eigenvalue weighted by molar-refractivity contribution is -0.384. The molecule has 0 aliphatic carbocycles. The number of carbonyl (C=O) groups excluding carboxylic acids is 2. The first-order valence-electron chi connectivity index (χ1n) is 9.03. The number of hydrogen-bond acceptors (Lipinski definition) is 5. The van der Waals surface area contributed by atoms with Crippen molar-refractivity contribution in [3.63, 3.8) is 0 Å². The van der Waals surface area contributed by atoms with Gasteiger partial charge in [-0.25, -0.2) is 4.79 Å². The van der Waals surface area contributed by atoms with Gasteiger partial charge in [-0.15, -0.1) is 0 Å². The molecule has 3 amide bonds. The summed E-state index contributed by atoms with van der Waals surface area (Å²) in [5.41, 5.74) is -1.91. The van der Waals surface area contributed by atoms with Crippen LogP contribution in [0.3, 0.4) is 0 Å². The van der Waals surface area contributed by atoms with Gasteiger partial charge in [0.05, 0.1) is 10.5 Å². The average molecular weight is 417 g/mol. The van der Waals surface area contributed by atoms with Crippen LogP contribution in [0, 0.1) is 10.1 Å². The van der Waals surface area contributed by atoms with Crippen LogP contribution in [0.1, 0.15) is 18.9 Å². The van der Waals surface area contributed by atoms with Crippen molar-refractivity contribution >= 4 is 23.3 Å². The normalized spacial score (nSPS) is 14.5. The van der Waals surface area contributed by atoms with Crippen LogP contribution in [-0.4, -0.2) is 65.9 Å². The maximum atomic E-state index is 12.7. The largest absolute Gasteiger partial charge is 0.416 e. The zero-order valence-electron chi connectivity index (χ0n) is 15.8. The summed E-state index contributed by atoms with van der Waals surface area (Å²) in [5.74, 6) is -0.206.